The lowest BCUT2D eigenvalue weighted by Gasteiger charge is -2.08. The molecular formula is C14H13BrO2S. The second-order valence-electron chi connectivity index (χ2n) is 3.79. The van der Waals surface area contributed by atoms with Gasteiger partial charge in [0.25, 0.3) is 0 Å². The van der Waals surface area contributed by atoms with E-state index in [9.17, 15) is 4.79 Å². The Bertz CT molecular complexity index is 575. The topological polar surface area (TPSA) is 26.3 Å². The predicted octanol–water partition coefficient (Wildman–Crippen LogP) is 4.45. The minimum absolute atomic E-state index is 0.00373. The van der Waals surface area contributed by atoms with Crippen molar-refractivity contribution in [1.82, 2.24) is 0 Å². The summed E-state index contributed by atoms with van der Waals surface area (Å²) in [6.45, 7) is 4.45. The summed E-state index contributed by atoms with van der Waals surface area (Å²) in [4.78, 5) is 14.3. The number of hydrogen-bond acceptors (Lipinski definition) is 3. The Labute approximate surface area is 119 Å². The maximum Gasteiger partial charge on any atom is 0.207 e. The van der Waals surface area contributed by atoms with Crippen molar-refractivity contribution in [3.05, 3.63) is 50.1 Å². The van der Waals surface area contributed by atoms with E-state index in [0.29, 0.717) is 17.9 Å². The first kappa shape index (κ1) is 13.3. The monoisotopic (exact) mass is 324 g/mol. The van der Waals surface area contributed by atoms with Gasteiger partial charge < -0.3 is 4.74 Å². The smallest absolute Gasteiger partial charge is 0.207 e. The van der Waals surface area contributed by atoms with Gasteiger partial charge in [0.2, 0.25) is 5.78 Å². The molecule has 1 aromatic carbocycles. The molecule has 0 saturated heterocycles. The van der Waals surface area contributed by atoms with Crippen molar-refractivity contribution in [2.75, 3.05) is 6.61 Å². The summed E-state index contributed by atoms with van der Waals surface area (Å²) < 4.78 is 6.34. The Kier molecular flexibility index (Phi) is 4.19. The van der Waals surface area contributed by atoms with Crippen LogP contribution in [0.1, 0.15) is 27.0 Å². The molecule has 0 atom stereocenters. The Morgan fingerprint density at radius 3 is 2.72 bits per heavy atom. The molecule has 2 aromatic rings. The number of halogens is 1. The third kappa shape index (κ3) is 2.65. The largest absolute Gasteiger partial charge is 0.493 e. The average Bonchev–Trinajstić information content (AvgIpc) is 2.69. The van der Waals surface area contributed by atoms with Crippen molar-refractivity contribution in [3.8, 4) is 5.75 Å². The molecule has 2 rings (SSSR count). The Morgan fingerprint density at radius 1 is 1.39 bits per heavy atom. The van der Waals surface area contributed by atoms with Gasteiger partial charge in [-0.2, -0.15) is 0 Å². The number of ketones is 1. The third-order valence-electron chi connectivity index (χ3n) is 2.45. The third-order valence-corrected chi connectivity index (χ3v) is 4.38. The first-order chi connectivity index (χ1) is 8.63. The molecule has 0 bridgehead atoms. The average molecular weight is 325 g/mol. The molecule has 0 saturated carbocycles. The van der Waals surface area contributed by atoms with Crippen LogP contribution in [-0.4, -0.2) is 12.4 Å². The summed E-state index contributed by atoms with van der Waals surface area (Å²) in [5.41, 5.74) is 0.613. The standard InChI is InChI=1S/C14H13BrO2S/c1-3-17-12-7-5-4-6-10(12)13(16)14-11(15)8-9(2)18-14/h4-8H,3H2,1-2H3. The zero-order chi connectivity index (χ0) is 13.1. The van der Waals surface area contributed by atoms with Crippen LogP contribution in [0.25, 0.3) is 0 Å². The van der Waals surface area contributed by atoms with E-state index in [1.54, 1.807) is 6.07 Å². The zero-order valence-corrected chi connectivity index (χ0v) is 12.6. The van der Waals surface area contributed by atoms with Gasteiger partial charge >= 0.3 is 0 Å². The van der Waals surface area contributed by atoms with E-state index in [-0.39, 0.29) is 5.78 Å². The van der Waals surface area contributed by atoms with Gasteiger partial charge in [0.1, 0.15) is 5.75 Å². The van der Waals surface area contributed by atoms with Crippen molar-refractivity contribution >= 4 is 33.0 Å². The van der Waals surface area contributed by atoms with Gasteiger partial charge in [0.05, 0.1) is 17.0 Å². The van der Waals surface area contributed by atoms with Crippen molar-refractivity contribution in [1.29, 1.82) is 0 Å². The lowest BCUT2D eigenvalue weighted by molar-refractivity contribution is 0.103. The van der Waals surface area contributed by atoms with Gasteiger partial charge in [0.15, 0.2) is 0 Å². The van der Waals surface area contributed by atoms with Crippen molar-refractivity contribution < 1.29 is 9.53 Å². The number of para-hydroxylation sites is 1. The fourth-order valence-electron chi connectivity index (χ4n) is 1.70. The minimum atomic E-state index is 0.00373. The molecule has 0 N–H and O–H groups in total. The highest BCUT2D eigenvalue weighted by Gasteiger charge is 2.18. The number of carbonyl (C=O) groups is 1. The molecule has 0 spiro atoms. The van der Waals surface area contributed by atoms with Crippen LogP contribution in [0.4, 0.5) is 0 Å². The number of thiophene rings is 1. The fourth-order valence-corrected chi connectivity index (χ4v) is 3.47. The van der Waals surface area contributed by atoms with Crippen molar-refractivity contribution in [2.24, 2.45) is 0 Å². The maximum atomic E-state index is 12.5. The number of benzene rings is 1. The lowest BCUT2D eigenvalue weighted by atomic mass is 10.1. The molecule has 0 unspecified atom stereocenters. The second-order valence-corrected chi connectivity index (χ2v) is 5.90. The van der Waals surface area contributed by atoms with Crippen LogP contribution in [0.3, 0.4) is 0 Å². The summed E-state index contributed by atoms with van der Waals surface area (Å²) in [7, 11) is 0. The van der Waals surface area contributed by atoms with Crippen molar-refractivity contribution in [2.45, 2.75) is 13.8 Å². The van der Waals surface area contributed by atoms with Crippen LogP contribution in [0, 0.1) is 6.92 Å². The molecule has 94 valence electrons. The van der Waals surface area contributed by atoms with Gasteiger partial charge in [-0.15, -0.1) is 11.3 Å². The molecule has 0 fully saturated rings. The highest BCUT2D eigenvalue weighted by Crippen LogP contribution is 2.31. The predicted molar refractivity (Wildman–Crippen MR) is 77.8 cm³/mol. The summed E-state index contributed by atoms with van der Waals surface area (Å²) >= 11 is 4.92. The van der Waals surface area contributed by atoms with E-state index in [1.807, 2.05) is 38.1 Å². The molecule has 0 amide bonds. The van der Waals surface area contributed by atoms with E-state index in [2.05, 4.69) is 15.9 Å². The van der Waals surface area contributed by atoms with Gasteiger partial charge in [-0.3, -0.25) is 4.79 Å². The summed E-state index contributed by atoms with van der Waals surface area (Å²) in [5, 5.41) is 0. The quantitative estimate of drug-likeness (QED) is 0.777. The van der Waals surface area contributed by atoms with Crippen LogP contribution in [0.15, 0.2) is 34.8 Å². The number of hydrogen-bond donors (Lipinski definition) is 0. The van der Waals surface area contributed by atoms with E-state index < -0.39 is 0 Å². The number of ether oxygens (including phenoxy) is 1. The molecule has 18 heavy (non-hydrogen) atoms. The van der Waals surface area contributed by atoms with Crippen LogP contribution in [-0.2, 0) is 0 Å². The van der Waals surface area contributed by atoms with Crippen molar-refractivity contribution in [3.63, 3.8) is 0 Å². The van der Waals surface area contributed by atoms with E-state index >= 15 is 0 Å². The molecule has 1 aromatic heterocycles. The highest BCUT2D eigenvalue weighted by atomic mass is 79.9. The molecule has 0 aliphatic heterocycles. The first-order valence-electron chi connectivity index (χ1n) is 5.66. The van der Waals surface area contributed by atoms with E-state index in [1.165, 1.54) is 11.3 Å². The maximum absolute atomic E-state index is 12.5. The zero-order valence-electron chi connectivity index (χ0n) is 10.2. The Morgan fingerprint density at radius 2 is 2.11 bits per heavy atom. The van der Waals surface area contributed by atoms with E-state index in [4.69, 9.17) is 4.74 Å². The molecule has 0 radical (unpaired) electrons. The van der Waals surface area contributed by atoms with Gasteiger partial charge in [0, 0.05) is 9.35 Å². The molecule has 0 aliphatic rings. The number of rotatable bonds is 4. The van der Waals surface area contributed by atoms with Crippen LogP contribution in [0.5, 0.6) is 5.75 Å². The number of carbonyl (C=O) groups excluding carboxylic acids is 1. The fraction of sp³-hybridized carbons (Fsp3) is 0.214. The Balaban J connectivity index is 2.43. The molecule has 1 heterocycles. The van der Waals surface area contributed by atoms with Crippen LogP contribution >= 0.6 is 27.3 Å². The Hall–Kier alpha value is -1.13. The summed E-state index contributed by atoms with van der Waals surface area (Å²) in [6.07, 6.45) is 0. The van der Waals surface area contributed by atoms with Crippen LogP contribution < -0.4 is 4.74 Å². The molecule has 4 heteroatoms. The van der Waals surface area contributed by atoms with E-state index in [0.717, 1.165) is 14.2 Å². The van der Waals surface area contributed by atoms with Gasteiger partial charge in [-0.05, 0) is 48.0 Å². The molecule has 2 nitrogen and oxygen atoms in total. The second kappa shape index (κ2) is 5.67. The SMILES string of the molecule is CCOc1ccccc1C(=O)c1sc(C)cc1Br. The summed E-state index contributed by atoms with van der Waals surface area (Å²) in [6, 6.07) is 9.31. The van der Waals surface area contributed by atoms with Crippen LogP contribution in [0.2, 0.25) is 0 Å². The van der Waals surface area contributed by atoms with Gasteiger partial charge in [-0.1, -0.05) is 12.1 Å². The van der Waals surface area contributed by atoms with Gasteiger partial charge in [-0.25, -0.2) is 0 Å². The molecular weight excluding hydrogens is 312 g/mol. The first-order valence-corrected chi connectivity index (χ1v) is 7.27. The highest BCUT2D eigenvalue weighted by molar-refractivity contribution is 9.10. The lowest BCUT2D eigenvalue weighted by Crippen LogP contribution is -2.04. The number of aryl methyl sites for hydroxylation is 1. The summed E-state index contributed by atoms with van der Waals surface area (Å²) in [5.74, 6) is 0.645. The molecule has 0 aliphatic carbocycles. The normalized spacial score (nSPS) is 10.4. The minimum Gasteiger partial charge on any atom is -0.493 e.